The van der Waals surface area contributed by atoms with Gasteiger partial charge in [0.15, 0.2) is 0 Å². The number of unbranched alkanes of at least 4 members (excludes halogenated alkanes) is 2. The summed E-state index contributed by atoms with van der Waals surface area (Å²) in [5.41, 5.74) is 0.972. The second kappa shape index (κ2) is 9.67. The molecule has 2 rings (SSSR count). The molecule has 0 fully saturated rings. The Morgan fingerprint density at radius 1 is 1.29 bits per heavy atom. The highest BCUT2D eigenvalue weighted by Crippen LogP contribution is 2.22. The molecule has 0 radical (unpaired) electrons. The van der Waals surface area contributed by atoms with Gasteiger partial charge in [0.1, 0.15) is 0 Å². The quantitative estimate of drug-likeness (QED) is 0.284. The number of hydrogen-bond acceptors (Lipinski definition) is 6. The molecule has 1 atom stereocenters. The van der Waals surface area contributed by atoms with Crippen LogP contribution >= 0.6 is 0 Å². The Bertz CT molecular complexity index is 603. The number of amides is 1. The molecule has 130 valence electrons. The lowest BCUT2D eigenvalue weighted by Gasteiger charge is -2.16. The van der Waals surface area contributed by atoms with Crippen molar-refractivity contribution >= 4 is 12.1 Å². The largest absolute Gasteiger partial charge is 0.423 e. The minimum atomic E-state index is -0.162. The van der Waals surface area contributed by atoms with Crippen LogP contribution in [0.5, 0.6) is 0 Å². The van der Waals surface area contributed by atoms with E-state index in [0.717, 1.165) is 31.4 Å². The number of anilines is 1. The van der Waals surface area contributed by atoms with Gasteiger partial charge in [0.25, 0.3) is 0 Å². The van der Waals surface area contributed by atoms with Gasteiger partial charge < -0.3 is 9.73 Å². The van der Waals surface area contributed by atoms with Gasteiger partial charge in [-0.1, -0.05) is 44.4 Å². The molecule has 1 heterocycles. The van der Waals surface area contributed by atoms with Crippen molar-refractivity contribution in [1.82, 2.24) is 15.3 Å². The van der Waals surface area contributed by atoms with Crippen molar-refractivity contribution in [2.24, 2.45) is 0 Å². The molecule has 1 aromatic heterocycles. The first kappa shape index (κ1) is 17.9. The van der Waals surface area contributed by atoms with Crippen molar-refractivity contribution in [2.45, 2.75) is 45.1 Å². The molecule has 0 aliphatic heterocycles. The number of nitrogens with zero attached hydrogens (tertiary/aromatic N) is 3. The van der Waals surface area contributed by atoms with Gasteiger partial charge in [0, 0.05) is 5.69 Å². The molecular formula is C17H24N4O3. The standard InChI is InChI=1S/C17H24N4O3/c1-2-3-5-8-14(12-21(23)13-22)17-20-19-16(24-17)11-18-15-9-6-4-7-10-15/h4,6-7,9-10,13-14,18,23H,2-3,5,8,11-12H2,1H3/t14-/m1/s1. The Balaban J connectivity index is 1.96. The number of hydroxylamine groups is 2. The number of rotatable bonds is 11. The van der Waals surface area contributed by atoms with Crippen LogP contribution in [0, 0.1) is 0 Å². The molecule has 0 aliphatic carbocycles. The van der Waals surface area contributed by atoms with Crippen LogP contribution in [0.25, 0.3) is 0 Å². The lowest BCUT2D eigenvalue weighted by atomic mass is 10.0. The van der Waals surface area contributed by atoms with E-state index < -0.39 is 0 Å². The average Bonchev–Trinajstić information content (AvgIpc) is 3.09. The molecule has 2 aromatic rings. The molecule has 7 heteroatoms. The van der Waals surface area contributed by atoms with Crippen molar-refractivity contribution in [3.05, 3.63) is 42.1 Å². The molecule has 0 aliphatic rings. The zero-order chi connectivity index (χ0) is 17.2. The third-order valence-corrected chi connectivity index (χ3v) is 3.73. The van der Waals surface area contributed by atoms with Crippen LogP contribution in [-0.4, -0.2) is 33.4 Å². The van der Waals surface area contributed by atoms with Gasteiger partial charge >= 0.3 is 0 Å². The van der Waals surface area contributed by atoms with E-state index in [9.17, 15) is 10.0 Å². The fourth-order valence-electron chi connectivity index (χ4n) is 2.44. The number of benzene rings is 1. The highest BCUT2D eigenvalue weighted by Gasteiger charge is 2.21. The van der Waals surface area contributed by atoms with Crippen LogP contribution in [0.4, 0.5) is 5.69 Å². The molecule has 1 aromatic carbocycles. The minimum absolute atomic E-state index is 0.154. The van der Waals surface area contributed by atoms with Gasteiger partial charge in [-0.05, 0) is 18.6 Å². The molecule has 2 N–H and O–H groups in total. The first-order valence-corrected chi connectivity index (χ1v) is 8.25. The van der Waals surface area contributed by atoms with Gasteiger partial charge in [0.05, 0.1) is 19.0 Å². The number of carbonyl (C=O) groups is 1. The number of carbonyl (C=O) groups excluding carboxylic acids is 1. The Labute approximate surface area is 141 Å². The Morgan fingerprint density at radius 2 is 2.08 bits per heavy atom. The Hall–Kier alpha value is -2.41. The fraction of sp³-hybridized carbons (Fsp3) is 0.471. The SMILES string of the molecule is CCCCC[C@H](CN(O)C=O)c1nnc(CNc2ccccc2)o1. The second-order valence-corrected chi connectivity index (χ2v) is 5.67. The van der Waals surface area contributed by atoms with E-state index in [1.165, 1.54) is 0 Å². The summed E-state index contributed by atoms with van der Waals surface area (Å²) in [5, 5.41) is 21.4. The first-order chi connectivity index (χ1) is 11.7. The highest BCUT2D eigenvalue weighted by atomic mass is 16.5. The predicted molar refractivity (Wildman–Crippen MR) is 89.5 cm³/mol. The van der Waals surface area contributed by atoms with Crippen LogP contribution in [0.2, 0.25) is 0 Å². The van der Waals surface area contributed by atoms with Gasteiger partial charge in [-0.25, -0.2) is 5.06 Å². The summed E-state index contributed by atoms with van der Waals surface area (Å²) < 4.78 is 5.71. The van der Waals surface area contributed by atoms with Gasteiger partial charge in [-0.15, -0.1) is 10.2 Å². The highest BCUT2D eigenvalue weighted by molar-refractivity contribution is 5.44. The van der Waals surface area contributed by atoms with Crippen LogP contribution in [-0.2, 0) is 11.3 Å². The normalized spacial score (nSPS) is 11.9. The molecular weight excluding hydrogens is 308 g/mol. The predicted octanol–water partition coefficient (Wildman–Crippen LogP) is 3.19. The van der Waals surface area contributed by atoms with E-state index in [4.69, 9.17) is 4.42 Å². The van der Waals surface area contributed by atoms with Crippen LogP contribution < -0.4 is 5.32 Å². The van der Waals surface area contributed by atoms with E-state index >= 15 is 0 Å². The van der Waals surface area contributed by atoms with Crippen molar-refractivity contribution < 1.29 is 14.4 Å². The first-order valence-electron chi connectivity index (χ1n) is 8.25. The summed E-state index contributed by atoms with van der Waals surface area (Å²) in [6, 6.07) is 9.75. The summed E-state index contributed by atoms with van der Waals surface area (Å²) >= 11 is 0. The minimum Gasteiger partial charge on any atom is -0.423 e. The Morgan fingerprint density at radius 3 is 2.79 bits per heavy atom. The summed E-state index contributed by atoms with van der Waals surface area (Å²) in [4.78, 5) is 10.7. The molecule has 7 nitrogen and oxygen atoms in total. The van der Waals surface area contributed by atoms with Gasteiger partial charge in [0.2, 0.25) is 18.2 Å². The number of aromatic nitrogens is 2. The molecule has 0 saturated heterocycles. The van der Waals surface area contributed by atoms with Crippen molar-refractivity contribution in [3.63, 3.8) is 0 Å². The summed E-state index contributed by atoms with van der Waals surface area (Å²) in [6.07, 6.45) is 4.33. The maximum Gasteiger partial charge on any atom is 0.235 e. The van der Waals surface area contributed by atoms with Crippen molar-refractivity contribution in [2.75, 3.05) is 11.9 Å². The molecule has 0 saturated carbocycles. The number of hydrogen-bond donors (Lipinski definition) is 2. The maximum absolute atomic E-state index is 10.7. The molecule has 0 bridgehead atoms. The molecule has 0 unspecified atom stereocenters. The zero-order valence-electron chi connectivity index (χ0n) is 13.9. The third kappa shape index (κ3) is 5.66. The molecule has 24 heavy (non-hydrogen) atoms. The van der Waals surface area contributed by atoms with Gasteiger partial charge in [-0.3, -0.25) is 10.0 Å². The van der Waals surface area contributed by atoms with Crippen LogP contribution in [0.15, 0.2) is 34.7 Å². The Kier molecular flexibility index (Phi) is 7.22. The van der Waals surface area contributed by atoms with Crippen LogP contribution in [0.1, 0.15) is 50.3 Å². The lowest BCUT2D eigenvalue weighted by Crippen LogP contribution is -2.24. The number of para-hydroxylation sites is 1. The van der Waals surface area contributed by atoms with E-state index in [-0.39, 0.29) is 12.5 Å². The second-order valence-electron chi connectivity index (χ2n) is 5.67. The summed E-state index contributed by atoms with van der Waals surface area (Å²) in [5.74, 6) is 0.770. The van der Waals surface area contributed by atoms with E-state index in [1.807, 2.05) is 30.3 Å². The zero-order valence-corrected chi connectivity index (χ0v) is 13.9. The third-order valence-electron chi connectivity index (χ3n) is 3.73. The van der Waals surface area contributed by atoms with Crippen molar-refractivity contribution in [3.8, 4) is 0 Å². The molecule has 0 spiro atoms. The average molecular weight is 332 g/mol. The summed E-state index contributed by atoms with van der Waals surface area (Å²) in [6.45, 7) is 2.70. The van der Waals surface area contributed by atoms with Crippen molar-refractivity contribution in [1.29, 1.82) is 0 Å². The molecule has 1 amide bonds. The topological polar surface area (TPSA) is 91.5 Å². The van der Waals surface area contributed by atoms with E-state index in [2.05, 4.69) is 22.4 Å². The van der Waals surface area contributed by atoms with Crippen LogP contribution in [0.3, 0.4) is 0 Å². The lowest BCUT2D eigenvalue weighted by molar-refractivity contribution is -0.151. The fourth-order valence-corrected chi connectivity index (χ4v) is 2.44. The maximum atomic E-state index is 10.7. The summed E-state index contributed by atoms with van der Waals surface area (Å²) in [7, 11) is 0. The van der Waals surface area contributed by atoms with E-state index in [0.29, 0.717) is 29.8 Å². The van der Waals surface area contributed by atoms with E-state index in [1.54, 1.807) is 0 Å². The number of nitrogens with one attached hydrogen (secondary N) is 1. The smallest absolute Gasteiger partial charge is 0.235 e. The van der Waals surface area contributed by atoms with Gasteiger partial charge in [-0.2, -0.15) is 0 Å². The monoisotopic (exact) mass is 332 g/mol.